The molecule has 206 valence electrons. The van der Waals surface area contributed by atoms with Gasteiger partial charge in [-0.1, -0.05) is 92.9 Å². The number of nitrogens with zero attached hydrogens (tertiary/aromatic N) is 1. The summed E-state index contributed by atoms with van der Waals surface area (Å²) >= 11 is 0. The molecule has 4 nitrogen and oxygen atoms in total. The summed E-state index contributed by atoms with van der Waals surface area (Å²) in [6, 6.07) is -0.801. The van der Waals surface area contributed by atoms with E-state index in [2.05, 4.69) is 27.7 Å². The van der Waals surface area contributed by atoms with Gasteiger partial charge in [0.05, 0.1) is 32.1 Å². The highest BCUT2D eigenvalue weighted by Crippen LogP contribution is 2.19. The molecule has 2 N–H and O–H groups in total. The van der Waals surface area contributed by atoms with Gasteiger partial charge in [0, 0.05) is 6.04 Å². The third kappa shape index (κ3) is 23.1. The summed E-state index contributed by atoms with van der Waals surface area (Å²) in [5.41, 5.74) is 5.16. The van der Waals surface area contributed by atoms with Gasteiger partial charge >= 0.3 is 0 Å². The molecule has 0 spiro atoms. The van der Waals surface area contributed by atoms with Gasteiger partial charge in [0.25, 0.3) is 0 Å². The van der Waals surface area contributed by atoms with Gasteiger partial charge < -0.3 is 20.1 Å². The number of hydrogen-bond donors (Lipinski definition) is 1. The number of carboxylic acid groups (broad SMARTS) is 1. The Balaban J connectivity index is 0. The maximum atomic E-state index is 10.00. The maximum absolute atomic E-state index is 10.00. The molecule has 0 aromatic carbocycles. The molecule has 0 bridgehead atoms. The normalized spacial score (nSPS) is 12.5. The van der Waals surface area contributed by atoms with E-state index in [1.165, 1.54) is 133 Å². The average molecular weight is 485 g/mol. The van der Waals surface area contributed by atoms with Gasteiger partial charge in [-0.2, -0.15) is 0 Å². The smallest absolute Gasteiger partial charge is 0.0786 e. The van der Waals surface area contributed by atoms with Crippen LogP contribution in [0.3, 0.4) is 0 Å². The fourth-order valence-electron chi connectivity index (χ4n) is 4.77. The van der Waals surface area contributed by atoms with Crippen LogP contribution in [0.1, 0.15) is 151 Å². The minimum Gasteiger partial charge on any atom is -0.548 e. The van der Waals surface area contributed by atoms with Crippen LogP contribution >= 0.6 is 0 Å². The summed E-state index contributed by atoms with van der Waals surface area (Å²) in [6.45, 7) is 19.0. The van der Waals surface area contributed by atoms with Crippen molar-refractivity contribution >= 4 is 5.97 Å². The van der Waals surface area contributed by atoms with Crippen molar-refractivity contribution in [3.8, 4) is 0 Å². The maximum Gasteiger partial charge on any atom is 0.0786 e. The van der Waals surface area contributed by atoms with Crippen molar-refractivity contribution < 1.29 is 14.4 Å². The first-order valence-electron chi connectivity index (χ1n) is 15.1. The lowest BCUT2D eigenvalue weighted by Crippen LogP contribution is -2.50. The number of unbranched alkanes of at least 4 members (excludes halogenated alkanes) is 12. The molecule has 34 heavy (non-hydrogen) atoms. The topological polar surface area (TPSA) is 66.2 Å². The summed E-state index contributed by atoms with van der Waals surface area (Å²) in [4.78, 5) is 10.00. The number of carboxylic acids is 1. The summed E-state index contributed by atoms with van der Waals surface area (Å²) in [7, 11) is 0. The summed E-state index contributed by atoms with van der Waals surface area (Å²) in [5, 5.41) is 10.00. The fraction of sp³-hybridized carbons (Fsp3) is 0.967. The number of carbonyl (C=O) groups is 1. The number of nitrogens with two attached hydrogens (primary N) is 1. The molecule has 1 atom stereocenters. The van der Waals surface area contributed by atoms with Crippen LogP contribution in [0, 0.1) is 5.92 Å². The van der Waals surface area contributed by atoms with E-state index in [1.54, 1.807) is 0 Å². The van der Waals surface area contributed by atoms with Crippen LogP contribution in [0.15, 0.2) is 0 Å². The second-order valence-electron chi connectivity index (χ2n) is 11.0. The Bertz CT molecular complexity index is 373. The zero-order valence-corrected chi connectivity index (χ0v) is 24.3. The van der Waals surface area contributed by atoms with Crippen molar-refractivity contribution in [3.05, 3.63) is 0 Å². The highest BCUT2D eigenvalue weighted by Gasteiger charge is 2.25. The Morgan fingerprint density at radius 2 is 0.912 bits per heavy atom. The van der Waals surface area contributed by atoms with E-state index in [0.717, 1.165) is 0 Å². The number of carbonyl (C=O) groups excluding carboxylic acids is 1. The number of quaternary nitrogens is 1. The molecule has 0 aliphatic rings. The number of hydrogen-bond acceptors (Lipinski definition) is 3. The fourth-order valence-corrected chi connectivity index (χ4v) is 4.77. The zero-order valence-electron chi connectivity index (χ0n) is 24.3. The van der Waals surface area contributed by atoms with Crippen LogP contribution < -0.4 is 10.8 Å². The standard InChI is InChI=1S/C24H52N.C6H13NO2/c1-5-9-13-17-21-25(22-18-14-10-6-2,23-19-15-11-7-3)24-20-16-12-8-4;1-4(2)3-5(7)6(8)9/h5-24H2,1-4H3;4-5H,3,7H2,1-2H3,(H,8,9)/q+1;/p-1. The predicted molar refractivity (Wildman–Crippen MR) is 149 cm³/mol. The van der Waals surface area contributed by atoms with Crippen LogP contribution in [0.2, 0.25) is 0 Å². The van der Waals surface area contributed by atoms with E-state index in [9.17, 15) is 9.90 Å². The van der Waals surface area contributed by atoms with Gasteiger partial charge in [0.1, 0.15) is 0 Å². The number of rotatable bonds is 23. The monoisotopic (exact) mass is 484 g/mol. The lowest BCUT2D eigenvalue weighted by Gasteiger charge is -2.39. The molecule has 0 aliphatic heterocycles. The van der Waals surface area contributed by atoms with Crippen LogP contribution in [-0.2, 0) is 4.79 Å². The van der Waals surface area contributed by atoms with E-state index in [0.29, 0.717) is 12.3 Å². The molecule has 0 aromatic rings. The van der Waals surface area contributed by atoms with E-state index < -0.39 is 12.0 Å². The van der Waals surface area contributed by atoms with E-state index >= 15 is 0 Å². The molecule has 0 amide bonds. The average Bonchev–Trinajstić information content (AvgIpc) is 2.80. The van der Waals surface area contributed by atoms with Gasteiger partial charge in [-0.25, -0.2) is 0 Å². The highest BCUT2D eigenvalue weighted by molar-refractivity contribution is 5.70. The largest absolute Gasteiger partial charge is 0.548 e. The molecule has 0 rings (SSSR count). The Morgan fingerprint density at radius 1 is 0.618 bits per heavy atom. The van der Waals surface area contributed by atoms with Crippen molar-refractivity contribution in [1.29, 1.82) is 0 Å². The van der Waals surface area contributed by atoms with Crippen LogP contribution in [-0.4, -0.2) is 42.7 Å². The second kappa shape index (κ2) is 25.5. The van der Waals surface area contributed by atoms with Crippen molar-refractivity contribution in [2.24, 2.45) is 11.7 Å². The molecule has 0 fully saturated rings. The van der Waals surface area contributed by atoms with E-state index in [4.69, 9.17) is 5.73 Å². The van der Waals surface area contributed by atoms with Crippen molar-refractivity contribution in [2.75, 3.05) is 26.2 Å². The molecule has 0 radical (unpaired) electrons. The molecule has 4 heteroatoms. The third-order valence-electron chi connectivity index (χ3n) is 6.97. The van der Waals surface area contributed by atoms with Crippen molar-refractivity contribution in [1.82, 2.24) is 0 Å². The summed E-state index contributed by atoms with van der Waals surface area (Å²) < 4.78 is 1.46. The zero-order chi connectivity index (χ0) is 26.1. The third-order valence-corrected chi connectivity index (χ3v) is 6.97. The quantitative estimate of drug-likeness (QED) is 0.123. The molecular formula is C30H64N2O2. The van der Waals surface area contributed by atoms with E-state index in [-0.39, 0.29) is 0 Å². The predicted octanol–water partition coefficient (Wildman–Crippen LogP) is 7.23. The van der Waals surface area contributed by atoms with Gasteiger partial charge in [-0.05, 0) is 63.7 Å². The molecular weight excluding hydrogens is 420 g/mol. The van der Waals surface area contributed by atoms with Crippen LogP contribution in [0.25, 0.3) is 0 Å². The van der Waals surface area contributed by atoms with Crippen LogP contribution in [0.5, 0.6) is 0 Å². The molecule has 0 aliphatic carbocycles. The lowest BCUT2D eigenvalue weighted by atomic mass is 10.1. The first-order chi connectivity index (χ1) is 16.3. The Labute approximate surface area is 215 Å². The molecule has 0 aromatic heterocycles. The van der Waals surface area contributed by atoms with Gasteiger partial charge in [0.2, 0.25) is 0 Å². The van der Waals surface area contributed by atoms with Crippen molar-refractivity contribution in [3.63, 3.8) is 0 Å². The molecule has 0 heterocycles. The van der Waals surface area contributed by atoms with Crippen molar-refractivity contribution in [2.45, 2.75) is 157 Å². The Morgan fingerprint density at radius 3 is 1.09 bits per heavy atom. The van der Waals surface area contributed by atoms with Gasteiger partial charge in [-0.15, -0.1) is 0 Å². The van der Waals surface area contributed by atoms with E-state index in [1.807, 2.05) is 13.8 Å². The molecule has 0 saturated carbocycles. The highest BCUT2D eigenvalue weighted by atomic mass is 16.4. The Kier molecular flexibility index (Phi) is 26.6. The first kappa shape index (κ1) is 35.6. The number of aliphatic carboxylic acids is 1. The summed E-state index contributed by atoms with van der Waals surface area (Å²) in [6.07, 6.45) is 23.3. The Hall–Kier alpha value is -0.610. The molecule has 0 saturated heterocycles. The van der Waals surface area contributed by atoms with Gasteiger partial charge in [-0.3, -0.25) is 0 Å². The lowest BCUT2D eigenvalue weighted by molar-refractivity contribution is -0.929. The minimum absolute atomic E-state index is 0.317. The minimum atomic E-state index is -1.16. The SMILES string of the molecule is CC(C)CC(N)C(=O)[O-].CCCCCC[N+](CCCCCC)(CCCCCC)CCCCCC. The van der Waals surface area contributed by atoms with Crippen LogP contribution in [0.4, 0.5) is 0 Å². The molecule has 1 unspecified atom stereocenters. The summed E-state index contributed by atoms with van der Waals surface area (Å²) in [5.74, 6) is -0.846. The van der Waals surface area contributed by atoms with Gasteiger partial charge in [0.15, 0.2) is 0 Å². The second-order valence-corrected chi connectivity index (χ2v) is 11.0. The first-order valence-corrected chi connectivity index (χ1v) is 15.1.